The van der Waals surface area contributed by atoms with Gasteiger partial charge in [-0.1, -0.05) is 30.3 Å². The van der Waals surface area contributed by atoms with Crippen LogP contribution in [-0.4, -0.2) is 32.2 Å². The van der Waals surface area contributed by atoms with Gasteiger partial charge in [-0.25, -0.2) is 4.39 Å². The van der Waals surface area contributed by atoms with Gasteiger partial charge in [-0.2, -0.15) is 4.80 Å². The van der Waals surface area contributed by atoms with Crippen LogP contribution in [0.15, 0.2) is 48.5 Å². The lowest BCUT2D eigenvalue weighted by molar-refractivity contribution is -0.119. The molecule has 25 heavy (non-hydrogen) atoms. The second-order valence-electron chi connectivity index (χ2n) is 6.07. The summed E-state index contributed by atoms with van der Waals surface area (Å²) in [6.07, 6.45) is 0.827. The van der Waals surface area contributed by atoms with Crippen molar-refractivity contribution in [1.29, 1.82) is 0 Å². The van der Waals surface area contributed by atoms with Crippen molar-refractivity contribution in [3.8, 4) is 11.4 Å². The van der Waals surface area contributed by atoms with E-state index in [0.717, 1.165) is 17.7 Å². The Morgan fingerprint density at radius 2 is 1.96 bits per heavy atom. The van der Waals surface area contributed by atoms with Crippen molar-refractivity contribution in [2.75, 3.05) is 4.90 Å². The molecule has 0 unspecified atom stereocenters. The number of tetrazole rings is 1. The van der Waals surface area contributed by atoms with Crippen molar-refractivity contribution in [2.45, 2.75) is 25.9 Å². The Labute approximate surface area is 143 Å². The second-order valence-corrected chi connectivity index (χ2v) is 6.07. The van der Waals surface area contributed by atoms with Gasteiger partial charge in [-0.15, -0.1) is 10.2 Å². The maximum atomic E-state index is 13.8. The first kappa shape index (κ1) is 15.4. The molecule has 0 spiro atoms. The Kier molecular flexibility index (Phi) is 3.76. The third-order valence-corrected chi connectivity index (χ3v) is 4.32. The molecule has 0 fully saturated rings. The first-order valence-electron chi connectivity index (χ1n) is 8.06. The topological polar surface area (TPSA) is 63.9 Å². The van der Waals surface area contributed by atoms with Crippen LogP contribution in [-0.2, 0) is 17.8 Å². The van der Waals surface area contributed by atoms with Gasteiger partial charge in [0.1, 0.15) is 12.4 Å². The fourth-order valence-electron chi connectivity index (χ4n) is 3.20. The molecule has 2 heterocycles. The van der Waals surface area contributed by atoms with E-state index in [-0.39, 0.29) is 29.9 Å². The van der Waals surface area contributed by atoms with Crippen LogP contribution in [0.1, 0.15) is 12.5 Å². The summed E-state index contributed by atoms with van der Waals surface area (Å²) in [6, 6.07) is 14.2. The molecule has 2 aromatic carbocycles. The minimum Gasteiger partial charge on any atom is -0.307 e. The molecule has 1 atom stereocenters. The third kappa shape index (κ3) is 2.77. The van der Waals surface area contributed by atoms with E-state index in [1.54, 1.807) is 23.1 Å². The van der Waals surface area contributed by atoms with Gasteiger partial charge < -0.3 is 4.90 Å². The average Bonchev–Trinajstić information content (AvgIpc) is 3.18. The van der Waals surface area contributed by atoms with Crippen LogP contribution < -0.4 is 4.90 Å². The quantitative estimate of drug-likeness (QED) is 0.736. The lowest BCUT2D eigenvalue weighted by Crippen LogP contribution is -2.38. The lowest BCUT2D eigenvalue weighted by Gasteiger charge is -2.22. The van der Waals surface area contributed by atoms with E-state index in [2.05, 4.69) is 15.4 Å². The van der Waals surface area contributed by atoms with Crippen LogP contribution in [0, 0.1) is 5.82 Å². The molecule has 6 nitrogen and oxygen atoms in total. The number of rotatable bonds is 3. The number of benzene rings is 2. The molecule has 4 rings (SSSR count). The van der Waals surface area contributed by atoms with Gasteiger partial charge in [-0.3, -0.25) is 4.79 Å². The van der Waals surface area contributed by atoms with Gasteiger partial charge in [0.25, 0.3) is 5.91 Å². The number of para-hydroxylation sites is 1. The Hall–Kier alpha value is -3.09. The van der Waals surface area contributed by atoms with Crippen LogP contribution in [0.3, 0.4) is 0 Å². The molecule has 3 aromatic rings. The predicted molar refractivity (Wildman–Crippen MR) is 90.3 cm³/mol. The van der Waals surface area contributed by atoms with Crippen molar-refractivity contribution in [3.63, 3.8) is 0 Å². The standard InChI is InChI=1S/C18H16FN5O/c1-12-10-13-6-2-5-9-16(13)24(12)17(25)11-23-21-18(20-22-23)14-7-3-4-8-15(14)19/h2-9,12H,10-11H2,1H3/t12-/m1/s1. The van der Waals surface area contributed by atoms with E-state index >= 15 is 0 Å². The zero-order chi connectivity index (χ0) is 17.4. The number of anilines is 1. The van der Waals surface area contributed by atoms with Crippen molar-refractivity contribution < 1.29 is 9.18 Å². The minimum atomic E-state index is -0.421. The summed E-state index contributed by atoms with van der Waals surface area (Å²) in [7, 11) is 0. The highest BCUT2D eigenvalue weighted by Crippen LogP contribution is 2.31. The molecular formula is C18H16FN5O. The molecule has 0 N–H and O–H groups in total. The Morgan fingerprint density at radius 3 is 2.80 bits per heavy atom. The number of halogens is 1. The zero-order valence-corrected chi connectivity index (χ0v) is 13.6. The van der Waals surface area contributed by atoms with Gasteiger partial charge in [0.05, 0.1) is 5.56 Å². The van der Waals surface area contributed by atoms with Gasteiger partial charge in [0, 0.05) is 11.7 Å². The van der Waals surface area contributed by atoms with Crippen LogP contribution in [0.5, 0.6) is 0 Å². The normalized spacial score (nSPS) is 16.1. The number of aromatic nitrogens is 4. The monoisotopic (exact) mass is 337 g/mol. The van der Waals surface area contributed by atoms with Crippen LogP contribution in [0.2, 0.25) is 0 Å². The Balaban J connectivity index is 1.56. The fraction of sp³-hybridized carbons (Fsp3) is 0.222. The second kappa shape index (κ2) is 6.08. The summed E-state index contributed by atoms with van der Waals surface area (Å²) in [5, 5.41) is 11.9. The summed E-state index contributed by atoms with van der Waals surface area (Å²) in [4.78, 5) is 15.7. The summed E-state index contributed by atoms with van der Waals surface area (Å²) in [5.74, 6) is -0.369. The van der Waals surface area contributed by atoms with Gasteiger partial charge in [-0.05, 0) is 42.3 Å². The smallest absolute Gasteiger partial charge is 0.250 e. The number of carbonyl (C=O) groups is 1. The van der Waals surface area contributed by atoms with Gasteiger partial charge >= 0.3 is 0 Å². The highest BCUT2D eigenvalue weighted by atomic mass is 19.1. The number of hydrogen-bond acceptors (Lipinski definition) is 4. The molecular weight excluding hydrogens is 321 g/mol. The molecule has 1 amide bonds. The number of nitrogens with zero attached hydrogens (tertiary/aromatic N) is 5. The molecule has 1 aliphatic heterocycles. The molecule has 126 valence electrons. The maximum absolute atomic E-state index is 13.8. The van der Waals surface area contributed by atoms with E-state index in [1.807, 2.05) is 31.2 Å². The predicted octanol–water partition coefficient (Wildman–Crippen LogP) is 2.46. The van der Waals surface area contributed by atoms with E-state index in [4.69, 9.17) is 0 Å². The van der Waals surface area contributed by atoms with Crippen LogP contribution in [0.25, 0.3) is 11.4 Å². The number of hydrogen-bond donors (Lipinski definition) is 0. The molecule has 7 heteroatoms. The lowest BCUT2D eigenvalue weighted by atomic mass is 10.1. The van der Waals surface area contributed by atoms with Crippen LogP contribution in [0.4, 0.5) is 10.1 Å². The fourth-order valence-corrected chi connectivity index (χ4v) is 3.20. The Bertz CT molecular complexity index is 938. The minimum absolute atomic E-state index is 0.0415. The van der Waals surface area contributed by atoms with Crippen LogP contribution >= 0.6 is 0 Å². The third-order valence-electron chi connectivity index (χ3n) is 4.32. The molecule has 1 aromatic heterocycles. The molecule has 0 saturated carbocycles. The van der Waals surface area contributed by atoms with E-state index in [0.29, 0.717) is 0 Å². The van der Waals surface area contributed by atoms with Gasteiger partial charge in [0.2, 0.25) is 5.82 Å². The van der Waals surface area contributed by atoms with E-state index in [9.17, 15) is 9.18 Å². The number of carbonyl (C=O) groups excluding carboxylic acids is 1. The summed E-state index contributed by atoms with van der Waals surface area (Å²) in [6.45, 7) is 1.97. The van der Waals surface area contributed by atoms with Crippen molar-refractivity contribution >= 4 is 11.6 Å². The summed E-state index contributed by atoms with van der Waals surface area (Å²) in [5.41, 5.74) is 2.34. The molecule has 0 aliphatic carbocycles. The van der Waals surface area contributed by atoms with Crippen molar-refractivity contribution in [3.05, 3.63) is 59.9 Å². The number of fused-ring (bicyclic) bond motifs is 1. The highest BCUT2D eigenvalue weighted by molar-refractivity contribution is 5.95. The van der Waals surface area contributed by atoms with Crippen molar-refractivity contribution in [1.82, 2.24) is 20.2 Å². The first-order valence-corrected chi connectivity index (χ1v) is 8.06. The van der Waals surface area contributed by atoms with E-state index < -0.39 is 5.82 Å². The summed E-state index contributed by atoms with van der Waals surface area (Å²) < 4.78 is 13.8. The SMILES string of the molecule is C[C@@H]1Cc2ccccc2N1C(=O)Cn1nnc(-c2ccccc2F)n1. The maximum Gasteiger partial charge on any atom is 0.250 e. The largest absolute Gasteiger partial charge is 0.307 e. The average molecular weight is 337 g/mol. The molecule has 0 radical (unpaired) electrons. The van der Waals surface area contributed by atoms with Crippen molar-refractivity contribution in [2.24, 2.45) is 0 Å². The first-order chi connectivity index (χ1) is 12.1. The highest BCUT2D eigenvalue weighted by Gasteiger charge is 2.30. The Morgan fingerprint density at radius 1 is 1.20 bits per heavy atom. The number of amides is 1. The molecule has 1 aliphatic rings. The molecule has 0 bridgehead atoms. The van der Waals surface area contributed by atoms with Gasteiger partial charge in [0.15, 0.2) is 0 Å². The zero-order valence-electron chi connectivity index (χ0n) is 13.6. The van der Waals surface area contributed by atoms with E-state index in [1.165, 1.54) is 10.9 Å². The molecule has 0 saturated heterocycles. The summed E-state index contributed by atoms with van der Waals surface area (Å²) >= 11 is 0.